The first kappa shape index (κ1) is 11.4. The van der Waals surface area contributed by atoms with Crippen LogP contribution in [0, 0.1) is 11.3 Å². The summed E-state index contributed by atoms with van der Waals surface area (Å²) >= 11 is 3.46. The maximum atomic E-state index is 9.17. The maximum absolute atomic E-state index is 9.17. The van der Waals surface area contributed by atoms with Crippen molar-refractivity contribution in [2.75, 3.05) is 7.11 Å². The van der Waals surface area contributed by atoms with Gasteiger partial charge in [-0.2, -0.15) is 5.26 Å². The van der Waals surface area contributed by atoms with Crippen molar-refractivity contribution in [2.45, 2.75) is 24.9 Å². The lowest BCUT2D eigenvalue weighted by molar-refractivity contribution is 0.413. The Morgan fingerprint density at radius 3 is 2.88 bits per heavy atom. The molecule has 1 aliphatic rings. The lowest BCUT2D eigenvalue weighted by atomic mass is 10.1. The Bertz CT molecular complexity index is 424. The summed E-state index contributed by atoms with van der Waals surface area (Å²) in [4.78, 5) is 0. The first-order valence-corrected chi connectivity index (χ1v) is 6.03. The van der Waals surface area contributed by atoms with Gasteiger partial charge in [-0.3, -0.25) is 5.32 Å². The summed E-state index contributed by atoms with van der Waals surface area (Å²) in [6.07, 6.45) is 2.33. The van der Waals surface area contributed by atoms with Gasteiger partial charge in [0.25, 0.3) is 0 Å². The first-order chi connectivity index (χ1) is 7.74. The summed E-state index contributed by atoms with van der Waals surface area (Å²) in [6.45, 7) is 0. The van der Waals surface area contributed by atoms with Crippen LogP contribution in [0.25, 0.3) is 0 Å². The molecule has 1 atom stereocenters. The minimum Gasteiger partial charge on any atom is -0.497 e. The number of halogens is 1. The number of rotatable bonds is 4. The highest BCUT2D eigenvalue weighted by Gasteiger charge is 2.26. The lowest BCUT2D eigenvalue weighted by Gasteiger charge is -2.14. The van der Waals surface area contributed by atoms with Crippen LogP contribution >= 0.6 is 15.9 Å². The Hall–Kier alpha value is -1.05. The summed E-state index contributed by atoms with van der Waals surface area (Å²) in [6, 6.07) is 8.20. The van der Waals surface area contributed by atoms with Crippen LogP contribution in [0.3, 0.4) is 0 Å². The molecule has 0 radical (unpaired) electrons. The van der Waals surface area contributed by atoms with Crippen LogP contribution in [0.2, 0.25) is 0 Å². The monoisotopic (exact) mass is 280 g/mol. The normalized spacial score (nSPS) is 16.6. The number of nitrogens with one attached hydrogen (secondary N) is 1. The molecule has 1 aliphatic carbocycles. The highest BCUT2D eigenvalue weighted by atomic mass is 79.9. The number of methoxy groups -OCH3 is 1. The molecular weight excluding hydrogens is 268 g/mol. The standard InChI is InChI=1S/C12H13BrN2O/c1-16-9-4-5-11(13)10(6-9)12(7-14)15-8-2-3-8/h4-6,8,12,15H,2-3H2,1H3. The van der Waals surface area contributed by atoms with Crippen LogP contribution in [-0.2, 0) is 0 Å². The van der Waals surface area contributed by atoms with E-state index in [0.717, 1.165) is 15.8 Å². The van der Waals surface area contributed by atoms with Crippen molar-refractivity contribution in [1.29, 1.82) is 5.26 Å². The van der Waals surface area contributed by atoms with Crippen LogP contribution in [0.15, 0.2) is 22.7 Å². The summed E-state index contributed by atoms with van der Waals surface area (Å²) in [7, 11) is 1.63. The van der Waals surface area contributed by atoms with Gasteiger partial charge in [-0.1, -0.05) is 15.9 Å². The molecule has 1 fully saturated rings. The van der Waals surface area contributed by atoms with Crippen LogP contribution in [0.5, 0.6) is 5.75 Å². The highest BCUT2D eigenvalue weighted by molar-refractivity contribution is 9.10. The molecule has 84 valence electrons. The van der Waals surface area contributed by atoms with E-state index in [-0.39, 0.29) is 6.04 Å². The third-order valence-electron chi connectivity index (χ3n) is 2.62. The molecule has 4 heteroatoms. The summed E-state index contributed by atoms with van der Waals surface area (Å²) in [5, 5.41) is 12.5. The molecule has 0 spiro atoms. The fourth-order valence-corrected chi connectivity index (χ4v) is 2.03. The Balaban J connectivity index is 2.24. The van der Waals surface area contributed by atoms with Crippen molar-refractivity contribution in [3.05, 3.63) is 28.2 Å². The molecule has 0 aromatic heterocycles. The van der Waals surface area contributed by atoms with E-state index in [2.05, 4.69) is 27.3 Å². The van der Waals surface area contributed by atoms with Gasteiger partial charge in [0.15, 0.2) is 0 Å². The maximum Gasteiger partial charge on any atom is 0.122 e. The Labute approximate surface area is 104 Å². The second-order valence-corrected chi connectivity index (χ2v) is 4.74. The SMILES string of the molecule is COc1ccc(Br)c(C(C#N)NC2CC2)c1. The molecular formula is C12H13BrN2O. The van der Waals surface area contributed by atoms with Gasteiger partial charge in [-0.25, -0.2) is 0 Å². The zero-order valence-electron chi connectivity index (χ0n) is 9.03. The van der Waals surface area contributed by atoms with E-state index < -0.39 is 0 Å². The third kappa shape index (κ3) is 2.55. The molecule has 0 aliphatic heterocycles. The summed E-state index contributed by atoms with van der Waals surface area (Å²) in [5.41, 5.74) is 0.939. The second kappa shape index (κ2) is 4.86. The van der Waals surface area contributed by atoms with Gasteiger partial charge in [0.1, 0.15) is 11.8 Å². The largest absolute Gasteiger partial charge is 0.497 e. The van der Waals surface area contributed by atoms with Crippen molar-refractivity contribution < 1.29 is 4.74 Å². The Kier molecular flexibility index (Phi) is 3.47. The molecule has 1 N–H and O–H groups in total. The molecule has 1 aromatic rings. The molecule has 3 nitrogen and oxygen atoms in total. The molecule has 1 unspecified atom stereocenters. The van der Waals surface area contributed by atoms with Crippen LogP contribution in [0.4, 0.5) is 0 Å². The van der Waals surface area contributed by atoms with E-state index in [1.54, 1.807) is 7.11 Å². The van der Waals surface area contributed by atoms with E-state index in [9.17, 15) is 5.26 Å². The highest BCUT2D eigenvalue weighted by Crippen LogP contribution is 2.30. The van der Waals surface area contributed by atoms with E-state index >= 15 is 0 Å². The molecule has 2 rings (SSSR count). The van der Waals surface area contributed by atoms with Gasteiger partial charge < -0.3 is 4.74 Å². The van der Waals surface area contributed by atoms with Crippen molar-refractivity contribution >= 4 is 15.9 Å². The quantitative estimate of drug-likeness (QED) is 0.923. The predicted octanol–water partition coefficient (Wildman–Crippen LogP) is 2.77. The zero-order chi connectivity index (χ0) is 11.5. The van der Waals surface area contributed by atoms with Crippen molar-refractivity contribution in [3.8, 4) is 11.8 Å². The van der Waals surface area contributed by atoms with Crippen LogP contribution in [-0.4, -0.2) is 13.2 Å². The number of nitrogens with zero attached hydrogens (tertiary/aromatic N) is 1. The van der Waals surface area contributed by atoms with E-state index in [4.69, 9.17) is 4.74 Å². The smallest absolute Gasteiger partial charge is 0.122 e. The predicted molar refractivity (Wildman–Crippen MR) is 65.2 cm³/mol. The van der Waals surface area contributed by atoms with Crippen molar-refractivity contribution in [2.24, 2.45) is 0 Å². The van der Waals surface area contributed by atoms with Crippen LogP contribution < -0.4 is 10.1 Å². The van der Waals surface area contributed by atoms with E-state index in [0.29, 0.717) is 6.04 Å². The van der Waals surface area contributed by atoms with Gasteiger partial charge in [-0.15, -0.1) is 0 Å². The molecule has 1 aromatic carbocycles. The molecule has 16 heavy (non-hydrogen) atoms. The average Bonchev–Trinajstić information content (AvgIpc) is 3.11. The molecule has 0 saturated heterocycles. The molecule has 0 heterocycles. The van der Waals surface area contributed by atoms with Gasteiger partial charge in [-0.05, 0) is 31.0 Å². The lowest BCUT2D eigenvalue weighted by Crippen LogP contribution is -2.22. The number of hydrogen-bond donors (Lipinski definition) is 1. The number of ether oxygens (including phenoxy) is 1. The minimum absolute atomic E-state index is 0.267. The topological polar surface area (TPSA) is 45.0 Å². The second-order valence-electron chi connectivity index (χ2n) is 3.89. The summed E-state index contributed by atoms with van der Waals surface area (Å²) in [5.74, 6) is 0.774. The zero-order valence-corrected chi connectivity index (χ0v) is 10.6. The molecule has 0 bridgehead atoms. The Morgan fingerprint density at radius 1 is 1.56 bits per heavy atom. The van der Waals surface area contributed by atoms with Gasteiger partial charge in [0, 0.05) is 16.1 Å². The van der Waals surface area contributed by atoms with Crippen molar-refractivity contribution in [3.63, 3.8) is 0 Å². The van der Waals surface area contributed by atoms with Gasteiger partial charge in [0.05, 0.1) is 13.2 Å². The van der Waals surface area contributed by atoms with Crippen LogP contribution in [0.1, 0.15) is 24.4 Å². The number of nitriles is 1. The average molecular weight is 281 g/mol. The first-order valence-electron chi connectivity index (χ1n) is 5.23. The van der Waals surface area contributed by atoms with Gasteiger partial charge in [0.2, 0.25) is 0 Å². The fourth-order valence-electron chi connectivity index (χ4n) is 1.55. The molecule has 1 saturated carbocycles. The third-order valence-corrected chi connectivity index (χ3v) is 3.35. The summed E-state index contributed by atoms with van der Waals surface area (Å²) < 4.78 is 6.11. The van der Waals surface area contributed by atoms with E-state index in [1.807, 2.05) is 18.2 Å². The fraction of sp³-hybridized carbons (Fsp3) is 0.417. The van der Waals surface area contributed by atoms with Crippen molar-refractivity contribution in [1.82, 2.24) is 5.32 Å². The number of benzene rings is 1. The van der Waals surface area contributed by atoms with Gasteiger partial charge >= 0.3 is 0 Å². The Morgan fingerprint density at radius 2 is 2.31 bits per heavy atom. The van der Waals surface area contributed by atoms with E-state index in [1.165, 1.54) is 12.8 Å². The number of hydrogen-bond acceptors (Lipinski definition) is 3. The minimum atomic E-state index is -0.267. The molecule has 0 amide bonds.